The van der Waals surface area contributed by atoms with E-state index in [2.05, 4.69) is 63.2 Å². The molecule has 0 aliphatic rings. The van der Waals surface area contributed by atoms with E-state index in [-0.39, 0.29) is 23.4 Å². The van der Waals surface area contributed by atoms with Gasteiger partial charge in [-0.2, -0.15) is 0 Å². The second kappa shape index (κ2) is 9.41. The van der Waals surface area contributed by atoms with Gasteiger partial charge >= 0.3 is 5.69 Å². The van der Waals surface area contributed by atoms with E-state index < -0.39 is 0 Å². The van der Waals surface area contributed by atoms with Crippen LogP contribution in [-0.4, -0.2) is 50.5 Å². The van der Waals surface area contributed by atoms with Gasteiger partial charge < -0.3 is 20.2 Å². The third kappa shape index (κ3) is 4.92. The zero-order valence-electron chi connectivity index (χ0n) is 18.2. The Kier molecular flexibility index (Phi) is 6.42. The Morgan fingerprint density at radius 2 is 1.88 bits per heavy atom. The summed E-state index contributed by atoms with van der Waals surface area (Å²) in [5.74, 6) is 0.922. The van der Waals surface area contributed by atoms with Crippen molar-refractivity contribution in [3.63, 3.8) is 0 Å². The molecular weight excluding hydrogens is 426 g/mol. The molecule has 2 heterocycles. The minimum Gasteiger partial charge on any atom is -0.331 e. The number of anilines is 1. The topological polar surface area (TPSA) is 113 Å². The highest BCUT2D eigenvalue weighted by Gasteiger charge is 2.23. The molecule has 1 atom stereocenters. The van der Waals surface area contributed by atoms with Crippen LogP contribution < -0.4 is 15.9 Å². The van der Waals surface area contributed by atoms with Gasteiger partial charge in [0.25, 0.3) is 0 Å². The predicted octanol–water partition coefficient (Wildman–Crippen LogP) is 1.43. The van der Waals surface area contributed by atoms with Gasteiger partial charge in [0, 0.05) is 5.69 Å². The molecule has 2 aromatic carbocycles. The summed E-state index contributed by atoms with van der Waals surface area (Å²) in [7, 11) is 4.17. The molecule has 0 saturated heterocycles. The fourth-order valence-corrected chi connectivity index (χ4v) is 4.08. The molecule has 166 valence electrons. The molecule has 10 heteroatoms. The number of H-pyrrole nitrogens is 2. The van der Waals surface area contributed by atoms with E-state index in [1.54, 1.807) is 18.2 Å². The van der Waals surface area contributed by atoms with Crippen molar-refractivity contribution in [1.82, 2.24) is 24.7 Å². The van der Waals surface area contributed by atoms with Crippen molar-refractivity contribution in [3.8, 4) is 0 Å². The molecule has 0 fully saturated rings. The number of thioether (sulfide) groups is 1. The fraction of sp³-hybridized carbons (Fsp3) is 0.273. The Morgan fingerprint density at radius 1 is 1.12 bits per heavy atom. The molecule has 0 saturated carbocycles. The molecule has 1 amide bonds. The molecule has 9 nitrogen and oxygen atoms in total. The molecule has 0 radical (unpaired) electrons. The third-order valence-corrected chi connectivity index (χ3v) is 6.28. The largest absolute Gasteiger partial charge is 0.331 e. The van der Waals surface area contributed by atoms with Crippen LogP contribution in [0.25, 0.3) is 11.0 Å². The van der Waals surface area contributed by atoms with Gasteiger partial charge in [0.05, 0.1) is 37.4 Å². The average Bonchev–Trinajstić information content (AvgIpc) is 3.34. The maximum Gasteiger partial charge on any atom is 0.323 e. The Morgan fingerprint density at radius 3 is 2.62 bits per heavy atom. The van der Waals surface area contributed by atoms with Crippen LogP contribution in [0.5, 0.6) is 0 Å². The van der Waals surface area contributed by atoms with Crippen molar-refractivity contribution in [1.29, 1.82) is 0 Å². The van der Waals surface area contributed by atoms with Crippen LogP contribution >= 0.6 is 11.8 Å². The maximum atomic E-state index is 12.6. The predicted molar refractivity (Wildman–Crippen MR) is 125 cm³/mol. The number of benzene rings is 2. The number of carbonyl (C=O) groups excluding carboxylic acids is 1. The summed E-state index contributed by atoms with van der Waals surface area (Å²) in [6.45, 7) is 2.76. The summed E-state index contributed by atoms with van der Waals surface area (Å²) in [6, 6.07) is 15.5. The number of fused-ring (bicyclic) bond motifs is 1. The first-order valence-corrected chi connectivity index (χ1v) is 11.3. The highest BCUT2D eigenvalue weighted by atomic mass is 32.2. The van der Waals surface area contributed by atoms with Gasteiger partial charge in [0.1, 0.15) is 6.04 Å². The van der Waals surface area contributed by atoms with E-state index >= 15 is 0 Å². The lowest BCUT2D eigenvalue weighted by Gasteiger charge is -2.18. The third-order valence-electron chi connectivity index (χ3n) is 5.31. The number of nitrogens with one attached hydrogen (secondary N) is 4. The monoisotopic (exact) mass is 452 g/mol. The minimum atomic E-state index is -0.277. The smallest absolute Gasteiger partial charge is 0.323 e. The van der Waals surface area contributed by atoms with Crippen LogP contribution in [0, 0.1) is 0 Å². The number of imidazole rings is 1. The van der Waals surface area contributed by atoms with Crippen molar-refractivity contribution in [2.45, 2.75) is 24.7 Å². The number of nitrogens with zero attached hydrogens (tertiary/aromatic N) is 3. The zero-order chi connectivity index (χ0) is 22.7. The Hall–Kier alpha value is -3.37. The van der Waals surface area contributed by atoms with Gasteiger partial charge in [0.15, 0.2) is 11.0 Å². The number of aromatic nitrogens is 5. The molecule has 4 aromatic rings. The Labute approximate surface area is 189 Å². The molecule has 32 heavy (non-hydrogen) atoms. The molecular formula is C22H26N7O2S+. The number of hydrogen-bond donors (Lipinski definition) is 4. The van der Waals surface area contributed by atoms with Gasteiger partial charge in [-0.25, -0.2) is 4.79 Å². The van der Waals surface area contributed by atoms with Crippen LogP contribution in [0.2, 0.25) is 0 Å². The van der Waals surface area contributed by atoms with Crippen molar-refractivity contribution < 1.29 is 9.69 Å². The van der Waals surface area contributed by atoms with E-state index in [0.29, 0.717) is 28.4 Å². The number of carbonyl (C=O) groups is 1. The number of aromatic amines is 2. The molecule has 4 N–H and O–H groups in total. The molecule has 0 aliphatic carbocycles. The summed E-state index contributed by atoms with van der Waals surface area (Å²) in [5, 5.41) is 12.4. The van der Waals surface area contributed by atoms with Gasteiger partial charge in [0.2, 0.25) is 5.91 Å². The Bertz CT molecular complexity index is 1280. The normalized spacial score (nSPS) is 12.4. The van der Waals surface area contributed by atoms with Crippen LogP contribution in [-0.2, 0) is 11.3 Å². The molecule has 4 rings (SSSR count). The highest BCUT2D eigenvalue weighted by molar-refractivity contribution is 7.99. The van der Waals surface area contributed by atoms with Crippen molar-refractivity contribution in [3.05, 3.63) is 70.4 Å². The first kappa shape index (κ1) is 21.8. The molecule has 0 bridgehead atoms. The highest BCUT2D eigenvalue weighted by Crippen LogP contribution is 2.22. The standard InChI is InChI=1S/C22H25N7O2S/c1-14(28(2)3)20-26-27-22(29(20)12-15-7-5-4-6-8-15)32-13-19(30)23-16-9-10-17-18(11-16)25-21(31)24-17/h4-11,14H,12-13H2,1-3H3,(H,23,30)(H2,24,25,31)/p+1/t14-/m1/s1. The molecule has 0 unspecified atom stereocenters. The van der Waals surface area contributed by atoms with E-state index in [9.17, 15) is 9.59 Å². The van der Waals surface area contributed by atoms with Crippen molar-refractivity contribution >= 4 is 34.4 Å². The Balaban J connectivity index is 1.48. The lowest BCUT2D eigenvalue weighted by Crippen LogP contribution is -3.05. The number of quaternary nitrogens is 1. The van der Waals surface area contributed by atoms with E-state index in [0.717, 1.165) is 11.4 Å². The lowest BCUT2D eigenvalue weighted by molar-refractivity contribution is -0.890. The van der Waals surface area contributed by atoms with Crippen LogP contribution in [0.1, 0.15) is 24.4 Å². The summed E-state index contributed by atoms with van der Waals surface area (Å²) in [6.07, 6.45) is 0. The number of rotatable bonds is 8. The summed E-state index contributed by atoms with van der Waals surface area (Å²) in [5.41, 5.74) is 2.83. The van der Waals surface area contributed by atoms with Crippen LogP contribution in [0.4, 0.5) is 5.69 Å². The zero-order valence-corrected chi connectivity index (χ0v) is 19.0. The van der Waals surface area contributed by atoms with Crippen LogP contribution in [0.3, 0.4) is 0 Å². The van der Waals surface area contributed by atoms with Crippen LogP contribution in [0.15, 0.2) is 58.5 Å². The molecule has 2 aromatic heterocycles. The fourth-order valence-electron chi connectivity index (χ4n) is 3.34. The van der Waals surface area contributed by atoms with E-state index in [1.807, 2.05) is 18.2 Å². The number of hydrogen-bond acceptors (Lipinski definition) is 5. The van der Waals surface area contributed by atoms with Gasteiger partial charge in [-0.1, -0.05) is 42.1 Å². The maximum absolute atomic E-state index is 12.6. The SMILES string of the molecule is C[C@H](c1nnc(SCC(=O)Nc2ccc3[nH]c(=O)[nH]c3c2)n1Cc1ccccc1)[NH+](C)C. The minimum absolute atomic E-state index is 0.157. The number of amides is 1. The first-order chi connectivity index (χ1) is 15.4. The van der Waals surface area contributed by atoms with E-state index in [1.165, 1.54) is 16.7 Å². The van der Waals surface area contributed by atoms with Gasteiger partial charge in [-0.15, -0.1) is 10.2 Å². The second-order valence-corrected chi connectivity index (χ2v) is 8.83. The van der Waals surface area contributed by atoms with Crippen molar-refractivity contribution in [2.75, 3.05) is 25.2 Å². The second-order valence-electron chi connectivity index (χ2n) is 7.89. The van der Waals surface area contributed by atoms with Gasteiger partial charge in [-0.3, -0.25) is 9.36 Å². The first-order valence-electron chi connectivity index (χ1n) is 10.3. The average molecular weight is 453 g/mol. The molecule has 0 spiro atoms. The quantitative estimate of drug-likeness (QED) is 0.302. The van der Waals surface area contributed by atoms with Crippen molar-refractivity contribution in [2.24, 2.45) is 0 Å². The van der Waals surface area contributed by atoms with Gasteiger partial charge in [-0.05, 0) is 30.7 Å². The summed E-state index contributed by atoms with van der Waals surface area (Å²) >= 11 is 1.36. The molecule has 0 aliphatic heterocycles. The lowest BCUT2D eigenvalue weighted by atomic mass is 10.2. The summed E-state index contributed by atoms with van der Waals surface area (Å²) in [4.78, 5) is 30.6. The van der Waals surface area contributed by atoms with E-state index in [4.69, 9.17) is 0 Å². The summed E-state index contributed by atoms with van der Waals surface area (Å²) < 4.78 is 2.08.